The number of esters is 2. The van der Waals surface area contributed by atoms with Crippen molar-refractivity contribution in [2.45, 2.75) is 18.8 Å². The van der Waals surface area contributed by atoms with Crippen LogP contribution in [0, 0.1) is 0 Å². The Kier molecular flexibility index (Phi) is 9.48. The molecule has 0 aliphatic heterocycles. The highest BCUT2D eigenvalue weighted by molar-refractivity contribution is 6.31. The van der Waals surface area contributed by atoms with Crippen LogP contribution < -0.4 is 10.1 Å². The third-order valence-corrected chi connectivity index (χ3v) is 5.55. The number of amides is 1. The Labute approximate surface area is 221 Å². The number of carboxylic acid groups (broad SMARTS) is 1. The maximum Gasteiger partial charge on any atom is 0.349 e. The highest BCUT2D eigenvalue weighted by atomic mass is 35.5. The monoisotopic (exact) mass is 545 g/mol. The number of aliphatic carboxylic acids is 1. The summed E-state index contributed by atoms with van der Waals surface area (Å²) in [6.45, 7) is -0.0880. The van der Waals surface area contributed by atoms with Crippen molar-refractivity contribution in [3.63, 3.8) is 0 Å². The molecule has 3 aromatic rings. The molecule has 0 radical (unpaired) electrons. The first-order valence-corrected chi connectivity index (χ1v) is 11.5. The van der Waals surface area contributed by atoms with Crippen LogP contribution in [0.3, 0.4) is 0 Å². The minimum absolute atomic E-state index is 0.0000881. The van der Waals surface area contributed by atoms with Gasteiger partial charge in [0.15, 0.2) is 0 Å². The summed E-state index contributed by atoms with van der Waals surface area (Å²) in [6, 6.07) is 17.8. The second-order valence-electron chi connectivity index (χ2n) is 7.53. The van der Waals surface area contributed by atoms with E-state index in [1.54, 1.807) is 24.3 Å². The van der Waals surface area contributed by atoms with E-state index in [2.05, 4.69) is 5.32 Å². The summed E-state index contributed by atoms with van der Waals surface area (Å²) in [5.74, 6) is -4.33. The molecule has 9 nitrogen and oxygen atoms in total. The molecule has 0 unspecified atom stereocenters. The molecule has 1 amide bonds. The average Bonchev–Trinajstić information content (AvgIpc) is 2.89. The molecule has 0 heterocycles. The van der Waals surface area contributed by atoms with Gasteiger partial charge in [-0.25, -0.2) is 14.4 Å². The van der Waals surface area contributed by atoms with E-state index in [1.165, 1.54) is 55.6 Å². The molecule has 11 heteroatoms. The Morgan fingerprint density at radius 3 is 1.76 bits per heavy atom. The van der Waals surface area contributed by atoms with E-state index < -0.39 is 36.0 Å². The van der Waals surface area contributed by atoms with E-state index in [1.807, 2.05) is 0 Å². The average molecular weight is 546 g/mol. The zero-order valence-electron chi connectivity index (χ0n) is 19.4. The predicted octanol–water partition coefficient (Wildman–Crippen LogP) is 4.15. The van der Waals surface area contributed by atoms with Gasteiger partial charge in [0.05, 0.1) is 18.2 Å². The summed E-state index contributed by atoms with van der Waals surface area (Å²) < 4.78 is 15.6. The number of para-hydroxylation sites is 1. The molecular weight excluding hydrogens is 525 g/mol. The van der Waals surface area contributed by atoms with Crippen molar-refractivity contribution in [2.24, 2.45) is 0 Å². The Balaban J connectivity index is 1.87. The van der Waals surface area contributed by atoms with E-state index in [4.69, 9.17) is 37.4 Å². The molecule has 0 fully saturated rings. The van der Waals surface area contributed by atoms with Crippen LogP contribution in [0.5, 0.6) is 5.75 Å². The molecule has 37 heavy (non-hydrogen) atoms. The maximum absolute atomic E-state index is 13.1. The second kappa shape index (κ2) is 12.8. The van der Waals surface area contributed by atoms with Crippen molar-refractivity contribution in [3.05, 3.63) is 99.5 Å². The van der Waals surface area contributed by atoms with Crippen molar-refractivity contribution in [3.8, 4) is 5.75 Å². The van der Waals surface area contributed by atoms with Gasteiger partial charge >= 0.3 is 17.9 Å². The van der Waals surface area contributed by atoms with Gasteiger partial charge in [-0.2, -0.15) is 0 Å². The molecule has 3 rings (SSSR count). The van der Waals surface area contributed by atoms with Gasteiger partial charge in [0, 0.05) is 22.2 Å². The lowest BCUT2D eigenvalue weighted by Crippen LogP contribution is -2.50. The minimum atomic E-state index is -2.17. The van der Waals surface area contributed by atoms with Gasteiger partial charge in [-0.3, -0.25) is 4.79 Å². The summed E-state index contributed by atoms with van der Waals surface area (Å²) in [7, 11) is 1.45. The summed E-state index contributed by atoms with van der Waals surface area (Å²) in [5, 5.41) is 13.0. The van der Waals surface area contributed by atoms with Crippen LogP contribution in [0.25, 0.3) is 0 Å². The normalized spacial score (nSPS) is 12.1. The first kappa shape index (κ1) is 27.5. The van der Waals surface area contributed by atoms with Crippen molar-refractivity contribution in [1.82, 2.24) is 5.32 Å². The second-order valence-corrected chi connectivity index (χ2v) is 8.41. The number of carboxylic acids is 1. The number of methoxy groups -OCH3 is 1. The van der Waals surface area contributed by atoms with E-state index in [0.717, 1.165) is 0 Å². The van der Waals surface area contributed by atoms with Gasteiger partial charge < -0.3 is 24.6 Å². The van der Waals surface area contributed by atoms with Crippen LogP contribution in [-0.2, 0) is 25.6 Å². The first-order chi connectivity index (χ1) is 17.7. The third-order valence-electron chi connectivity index (χ3n) is 5.05. The van der Waals surface area contributed by atoms with Gasteiger partial charge in [-0.15, -0.1) is 0 Å². The molecule has 0 aliphatic carbocycles. The number of rotatable bonds is 10. The molecule has 0 saturated heterocycles. The highest BCUT2D eigenvalue weighted by Gasteiger charge is 2.41. The quantitative estimate of drug-likeness (QED) is 0.363. The molecular formula is C26H21Cl2NO8. The number of hydrogen-bond donors (Lipinski definition) is 2. The summed E-state index contributed by atoms with van der Waals surface area (Å²) in [6.07, 6.45) is -4.20. The van der Waals surface area contributed by atoms with Crippen LogP contribution in [0.4, 0.5) is 0 Å². The number of nitrogens with one attached hydrogen (secondary N) is 1. The lowest BCUT2D eigenvalue weighted by atomic mass is 10.1. The molecule has 192 valence electrons. The predicted molar refractivity (Wildman–Crippen MR) is 134 cm³/mol. The molecule has 2 atom stereocenters. The Morgan fingerprint density at radius 2 is 1.27 bits per heavy atom. The van der Waals surface area contributed by atoms with E-state index >= 15 is 0 Å². The molecule has 3 aromatic carbocycles. The van der Waals surface area contributed by atoms with Crippen molar-refractivity contribution in [2.75, 3.05) is 7.11 Å². The standard InChI is InChI=1S/C26H21Cl2NO8/c1-35-20-5-3-2-4-17(20)14-29-23(30)21(36-25(33)15-6-10-18(27)11-7-15)22(24(31)32)37-26(34)16-8-12-19(28)13-9-16/h2-13,21-22H,14H2,1H3,(H,29,30)(H,31,32)/t21-,22-/m1/s1. The van der Waals surface area contributed by atoms with Gasteiger partial charge in [-0.05, 0) is 54.6 Å². The summed E-state index contributed by atoms with van der Waals surface area (Å²) in [5.41, 5.74) is 0.555. The third kappa shape index (κ3) is 7.45. The molecule has 2 N–H and O–H groups in total. The number of halogens is 2. The smallest absolute Gasteiger partial charge is 0.349 e. The van der Waals surface area contributed by atoms with Crippen LogP contribution in [0.1, 0.15) is 26.3 Å². The van der Waals surface area contributed by atoms with Crippen LogP contribution in [0.15, 0.2) is 72.8 Å². The van der Waals surface area contributed by atoms with Gasteiger partial charge in [-0.1, -0.05) is 41.4 Å². The van der Waals surface area contributed by atoms with E-state index in [0.29, 0.717) is 21.4 Å². The Hall–Kier alpha value is -4.08. The fourth-order valence-electron chi connectivity index (χ4n) is 3.17. The number of carbonyl (C=O) groups excluding carboxylic acids is 3. The molecule has 0 bridgehead atoms. The Morgan fingerprint density at radius 1 is 0.784 bits per heavy atom. The van der Waals surface area contributed by atoms with Crippen LogP contribution in [-0.4, -0.2) is 48.2 Å². The minimum Gasteiger partial charge on any atom is -0.496 e. The van der Waals surface area contributed by atoms with E-state index in [9.17, 15) is 24.3 Å². The number of ether oxygens (including phenoxy) is 3. The van der Waals surface area contributed by atoms with Gasteiger partial charge in [0.25, 0.3) is 5.91 Å². The van der Waals surface area contributed by atoms with Gasteiger partial charge in [0.1, 0.15) is 5.75 Å². The largest absolute Gasteiger partial charge is 0.496 e. The summed E-state index contributed by atoms with van der Waals surface area (Å²) >= 11 is 11.7. The zero-order valence-corrected chi connectivity index (χ0v) is 20.9. The van der Waals surface area contributed by atoms with Crippen molar-refractivity contribution >= 4 is 47.0 Å². The van der Waals surface area contributed by atoms with Gasteiger partial charge in [0.2, 0.25) is 12.2 Å². The fraction of sp³-hybridized carbons (Fsp3) is 0.154. The maximum atomic E-state index is 13.1. The fourth-order valence-corrected chi connectivity index (χ4v) is 3.42. The molecule has 0 spiro atoms. The van der Waals surface area contributed by atoms with Crippen LogP contribution in [0.2, 0.25) is 10.0 Å². The Bertz CT molecular complexity index is 1280. The highest BCUT2D eigenvalue weighted by Crippen LogP contribution is 2.19. The van der Waals surface area contributed by atoms with Crippen molar-refractivity contribution < 1.29 is 38.5 Å². The van der Waals surface area contributed by atoms with Crippen molar-refractivity contribution in [1.29, 1.82) is 0 Å². The molecule has 0 aliphatic rings. The van der Waals surface area contributed by atoms with Crippen LogP contribution >= 0.6 is 23.2 Å². The zero-order chi connectivity index (χ0) is 26.9. The van der Waals surface area contributed by atoms with E-state index in [-0.39, 0.29) is 17.7 Å². The first-order valence-electron chi connectivity index (χ1n) is 10.7. The topological polar surface area (TPSA) is 128 Å². The summed E-state index contributed by atoms with van der Waals surface area (Å²) in [4.78, 5) is 50.6. The number of hydrogen-bond acceptors (Lipinski definition) is 7. The molecule has 0 aromatic heterocycles. The number of benzene rings is 3. The number of carbonyl (C=O) groups is 4. The molecule has 0 saturated carbocycles. The lowest BCUT2D eigenvalue weighted by Gasteiger charge is -2.24. The lowest BCUT2D eigenvalue weighted by molar-refractivity contribution is -0.159. The SMILES string of the molecule is COc1ccccc1CNC(=O)[C@H](OC(=O)c1ccc(Cl)cc1)[C@@H](OC(=O)c1ccc(Cl)cc1)C(=O)O.